The highest BCUT2D eigenvalue weighted by molar-refractivity contribution is 7.90. The number of aromatic nitrogens is 4. The Morgan fingerprint density at radius 1 is 1.12 bits per heavy atom. The van der Waals surface area contributed by atoms with E-state index < -0.39 is 22.7 Å². The summed E-state index contributed by atoms with van der Waals surface area (Å²) in [4.78, 5) is 10.6. The van der Waals surface area contributed by atoms with Crippen molar-refractivity contribution in [1.29, 1.82) is 0 Å². The van der Waals surface area contributed by atoms with Crippen LogP contribution in [-0.2, 0) is 10.0 Å². The number of piperidine rings is 1. The molecule has 34 heavy (non-hydrogen) atoms. The van der Waals surface area contributed by atoms with Gasteiger partial charge in [0.2, 0.25) is 5.95 Å². The van der Waals surface area contributed by atoms with E-state index in [4.69, 9.17) is 0 Å². The number of likely N-dealkylation sites (tertiary alicyclic amines) is 1. The number of rotatable bonds is 5. The molecule has 5 rings (SSSR count). The van der Waals surface area contributed by atoms with E-state index in [1.165, 1.54) is 29.4 Å². The molecule has 1 aromatic carbocycles. The molecule has 0 bridgehead atoms. The lowest BCUT2D eigenvalue weighted by Gasteiger charge is -2.33. The Bertz CT molecular complexity index is 1440. The van der Waals surface area contributed by atoms with Gasteiger partial charge in [0.25, 0.3) is 10.0 Å². The van der Waals surface area contributed by atoms with E-state index in [0.717, 1.165) is 3.97 Å². The highest BCUT2D eigenvalue weighted by Crippen LogP contribution is 2.35. The highest BCUT2D eigenvalue weighted by Gasteiger charge is 2.34. The molecule has 12 heteroatoms. The van der Waals surface area contributed by atoms with Crippen LogP contribution in [-0.4, -0.2) is 64.7 Å². The highest BCUT2D eigenvalue weighted by atomic mass is 32.2. The van der Waals surface area contributed by atoms with Crippen molar-refractivity contribution in [2.24, 2.45) is 0 Å². The van der Waals surface area contributed by atoms with Crippen molar-refractivity contribution in [3.8, 4) is 0 Å². The lowest BCUT2D eigenvalue weighted by atomic mass is 10.0. The van der Waals surface area contributed by atoms with Crippen LogP contribution in [0.1, 0.15) is 18.9 Å². The van der Waals surface area contributed by atoms with Gasteiger partial charge in [-0.1, -0.05) is 18.2 Å². The molecule has 0 amide bonds. The van der Waals surface area contributed by atoms with Crippen LogP contribution in [0.2, 0.25) is 0 Å². The van der Waals surface area contributed by atoms with Gasteiger partial charge in [0.1, 0.15) is 5.52 Å². The molecule has 0 saturated carbocycles. The van der Waals surface area contributed by atoms with Crippen LogP contribution in [0.4, 0.5) is 19.1 Å². The van der Waals surface area contributed by atoms with Crippen molar-refractivity contribution in [2.75, 3.05) is 32.0 Å². The molecule has 8 nitrogen and oxygen atoms in total. The van der Waals surface area contributed by atoms with Crippen LogP contribution in [0.15, 0.2) is 53.7 Å². The van der Waals surface area contributed by atoms with Crippen LogP contribution in [0.3, 0.4) is 0 Å². The van der Waals surface area contributed by atoms with E-state index in [0.29, 0.717) is 48.3 Å². The third kappa shape index (κ3) is 3.90. The van der Waals surface area contributed by atoms with E-state index in [-0.39, 0.29) is 16.6 Å². The third-order valence-corrected chi connectivity index (χ3v) is 7.86. The van der Waals surface area contributed by atoms with Gasteiger partial charge in [-0.05, 0) is 31.0 Å². The first-order valence-electron chi connectivity index (χ1n) is 10.8. The Morgan fingerprint density at radius 3 is 2.47 bits per heavy atom. The fraction of sp³-hybridized carbons (Fsp3) is 0.364. The number of nitrogens with zero attached hydrogens (tertiary/aromatic N) is 5. The minimum Gasteiger partial charge on any atom is -0.359 e. The Balaban J connectivity index is 1.58. The number of hydrogen-bond donors (Lipinski definition) is 1. The van der Waals surface area contributed by atoms with E-state index >= 15 is 0 Å². The summed E-state index contributed by atoms with van der Waals surface area (Å²) in [6.07, 6.45) is -0.186. The Kier molecular flexibility index (Phi) is 5.52. The first kappa shape index (κ1) is 22.7. The van der Waals surface area contributed by atoms with Crippen LogP contribution in [0.25, 0.3) is 22.1 Å². The summed E-state index contributed by atoms with van der Waals surface area (Å²) in [5.41, 5.74) is 1.57. The fourth-order valence-corrected chi connectivity index (χ4v) is 5.99. The average molecular weight is 493 g/mol. The molecule has 1 aliphatic rings. The Hall–Kier alpha value is -3.12. The molecule has 0 atom stereocenters. The van der Waals surface area contributed by atoms with Gasteiger partial charge < -0.3 is 9.88 Å². The minimum absolute atomic E-state index is 0.0865. The molecular weight excluding hydrogens is 469 g/mol. The van der Waals surface area contributed by atoms with Crippen molar-refractivity contribution >= 4 is 38.0 Å². The largest absolute Gasteiger partial charge is 0.401 e. The van der Waals surface area contributed by atoms with Gasteiger partial charge in [0, 0.05) is 37.8 Å². The first-order valence-corrected chi connectivity index (χ1v) is 12.3. The van der Waals surface area contributed by atoms with Gasteiger partial charge in [-0.3, -0.25) is 4.90 Å². The molecule has 1 N–H and O–H groups in total. The Labute approximate surface area is 194 Å². The van der Waals surface area contributed by atoms with Crippen LogP contribution in [0.5, 0.6) is 0 Å². The second kappa shape index (κ2) is 8.27. The van der Waals surface area contributed by atoms with Gasteiger partial charge in [0.05, 0.1) is 23.2 Å². The SMILES string of the molecule is CNc1nc2cnc3c(ccn3S(=O)(=O)c3ccccc3)c2n1C1CCN(CC(F)(F)F)CC1. The fourth-order valence-electron chi connectivity index (χ4n) is 4.67. The smallest absolute Gasteiger partial charge is 0.359 e. The summed E-state index contributed by atoms with van der Waals surface area (Å²) >= 11 is 0. The van der Waals surface area contributed by atoms with Gasteiger partial charge in [-0.25, -0.2) is 22.4 Å². The summed E-state index contributed by atoms with van der Waals surface area (Å²) in [5, 5.41) is 3.68. The minimum atomic E-state index is -4.23. The number of hydrogen-bond acceptors (Lipinski definition) is 6. The van der Waals surface area contributed by atoms with Crippen molar-refractivity contribution in [3.05, 3.63) is 48.8 Å². The zero-order valence-corrected chi connectivity index (χ0v) is 19.1. The van der Waals surface area contributed by atoms with Gasteiger partial charge in [-0.15, -0.1) is 0 Å². The average Bonchev–Trinajstić information content (AvgIpc) is 3.40. The number of imidazole rings is 1. The first-order chi connectivity index (χ1) is 16.2. The molecule has 3 aromatic heterocycles. The molecular formula is C22H23F3N6O2S. The van der Waals surface area contributed by atoms with Crippen LogP contribution >= 0.6 is 0 Å². The second-order valence-electron chi connectivity index (χ2n) is 8.34. The molecule has 4 heterocycles. The van der Waals surface area contributed by atoms with Crippen molar-refractivity contribution < 1.29 is 21.6 Å². The molecule has 1 fully saturated rings. The van der Waals surface area contributed by atoms with Gasteiger partial charge in [0.15, 0.2) is 5.65 Å². The number of halogens is 3. The molecule has 0 radical (unpaired) electrons. The summed E-state index contributed by atoms with van der Waals surface area (Å²) in [6.45, 7) is -0.299. The van der Waals surface area contributed by atoms with Crippen molar-refractivity contribution in [2.45, 2.75) is 30.0 Å². The predicted octanol–water partition coefficient (Wildman–Crippen LogP) is 3.86. The predicted molar refractivity (Wildman–Crippen MR) is 122 cm³/mol. The number of benzene rings is 1. The summed E-state index contributed by atoms with van der Waals surface area (Å²) < 4.78 is 68.0. The van der Waals surface area contributed by atoms with Crippen molar-refractivity contribution in [1.82, 2.24) is 23.4 Å². The molecule has 1 saturated heterocycles. The van der Waals surface area contributed by atoms with E-state index in [1.807, 2.05) is 4.57 Å². The van der Waals surface area contributed by atoms with Crippen LogP contribution in [0, 0.1) is 0 Å². The number of alkyl halides is 3. The normalized spacial score (nSPS) is 16.5. The molecule has 0 unspecified atom stereocenters. The maximum Gasteiger partial charge on any atom is 0.401 e. The maximum absolute atomic E-state index is 13.2. The maximum atomic E-state index is 13.2. The van der Waals surface area contributed by atoms with Crippen molar-refractivity contribution in [3.63, 3.8) is 0 Å². The number of fused-ring (bicyclic) bond motifs is 3. The van der Waals surface area contributed by atoms with Crippen LogP contribution < -0.4 is 5.32 Å². The zero-order chi connectivity index (χ0) is 24.1. The van der Waals surface area contributed by atoms with Gasteiger partial charge >= 0.3 is 6.18 Å². The number of anilines is 1. The lowest BCUT2D eigenvalue weighted by molar-refractivity contribution is -0.148. The molecule has 0 aliphatic carbocycles. The topological polar surface area (TPSA) is 85.0 Å². The summed E-state index contributed by atoms with van der Waals surface area (Å²) in [6, 6.07) is 9.72. The summed E-state index contributed by atoms with van der Waals surface area (Å²) in [5.74, 6) is 0.567. The molecule has 180 valence electrons. The zero-order valence-electron chi connectivity index (χ0n) is 18.3. The lowest BCUT2D eigenvalue weighted by Crippen LogP contribution is -2.40. The van der Waals surface area contributed by atoms with E-state index in [9.17, 15) is 21.6 Å². The standard InChI is InChI=1S/C22H23F3N6O2S/c1-26-21-28-18-13-27-20-17(9-12-30(20)34(32,33)16-5-3-2-4-6-16)19(18)31(21)15-7-10-29(11-8-15)14-22(23,24)25/h2-6,9,12-13,15H,7-8,10-11,14H2,1H3,(H,26,28). The van der Waals surface area contributed by atoms with E-state index in [2.05, 4.69) is 15.3 Å². The second-order valence-corrected chi connectivity index (χ2v) is 10.2. The monoisotopic (exact) mass is 492 g/mol. The van der Waals surface area contributed by atoms with Gasteiger partial charge in [-0.2, -0.15) is 13.2 Å². The van der Waals surface area contributed by atoms with E-state index in [1.54, 1.807) is 31.3 Å². The quantitative estimate of drug-likeness (QED) is 0.456. The molecule has 4 aromatic rings. The number of pyridine rings is 1. The summed E-state index contributed by atoms with van der Waals surface area (Å²) in [7, 11) is -2.13. The number of nitrogens with one attached hydrogen (secondary N) is 1. The molecule has 1 aliphatic heterocycles. The molecule has 0 spiro atoms. The Morgan fingerprint density at radius 2 is 1.82 bits per heavy atom. The third-order valence-electron chi connectivity index (χ3n) is 6.18.